The van der Waals surface area contributed by atoms with Gasteiger partial charge in [0.15, 0.2) is 0 Å². The summed E-state index contributed by atoms with van der Waals surface area (Å²) in [6.45, 7) is 7.41. The van der Waals surface area contributed by atoms with Crippen molar-refractivity contribution in [1.82, 2.24) is 5.32 Å². The normalized spacial score (nSPS) is 31.4. The molecule has 0 fully saturated rings. The van der Waals surface area contributed by atoms with Crippen LogP contribution in [0.2, 0.25) is 0 Å². The van der Waals surface area contributed by atoms with Crippen molar-refractivity contribution in [3.8, 4) is 0 Å². The van der Waals surface area contributed by atoms with Crippen molar-refractivity contribution in [3.05, 3.63) is 35.8 Å². The van der Waals surface area contributed by atoms with Crippen molar-refractivity contribution in [2.24, 2.45) is 0 Å². The smallest absolute Gasteiger partial charge is 0.284 e. The van der Waals surface area contributed by atoms with Crippen LogP contribution in [0.25, 0.3) is 0 Å². The first-order chi connectivity index (χ1) is 6.50. The van der Waals surface area contributed by atoms with Gasteiger partial charge in [0.05, 0.1) is 5.70 Å². The zero-order valence-corrected chi connectivity index (χ0v) is 9.02. The zero-order valence-electron chi connectivity index (χ0n) is 8.20. The summed E-state index contributed by atoms with van der Waals surface area (Å²) < 4.78 is 0. The number of aliphatic hydroxyl groups is 1. The minimum atomic E-state index is -0.197. The van der Waals surface area contributed by atoms with Crippen LogP contribution in [0, 0.1) is 0 Å². The Morgan fingerprint density at radius 2 is 2.21 bits per heavy atom. The van der Waals surface area contributed by atoms with Crippen LogP contribution in [0.1, 0.15) is 13.8 Å². The molecular weight excluding hydrogens is 198 g/mol. The third kappa shape index (κ3) is 2.67. The number of carbonyl (C=O) groups excluding carboxylic acids is 1. The Morgan fingerprint density at radius 3 is 2.86 bits per heavy atom. The molecule has 1 rings (SSSR count). The van der Waals surface area contributed by atoms with Gasteiger partial charge in [-0.1, -0.05) is 30.0 Å². The van der Waals surface area contributed by atoms with E-state index in [4.69, 9.17) is 0 Å². The predicted molar refractivity (Wildman–Crippen MR) is 59.2 cm³/mol. The number of rotatable bonds is 0. The molecule has 2 N–H and O–H groups in total. The molecule has 0 saturated heterocycles. The fraction of sp³-hybridized carbons (Fsp3) is 0.300. The molecular formula is C10H13NO2S. The lowest BCUT2D eigenvalue weighted by atomic mass is 10.2. The van der Waals surface area contributed by atoms with E-state index in [1.54, 1.807) is 12.2 Å². The van der Waals surface area contributed by atoms with E-state index < -0.39 is 0 Å². The van der Waals surface area contributed by atoms with Crippen LogP contribution in [-0.4, -0.2) is 15.6 Å². The number of carbonyl (C=O) groups is 1. The molecule has 0 aromatic heterocycles. The van der Waals surface area contributed by atoms with Gasteiger partial charge in [0.25, 0.3) is 5.24 Å². The molecule has 1 unspecified atom stereocenters. The molecule has 0 radical (unpaired) electrons. The molecule has 14 heavy (non-hydrogen) atoms. The molecule has 0 spiro atoms. The summed E-state index contributed by atoms with van der Waals surface area (Å²) in [5.41, 5.74) is 1.27. The number of aliphatic hydroxyl groups excluding tert-OH is 1. The van der Waals surface area contributed by atoms with Crippen LogP contribution in [0.3, 0.4) is 0 Å². The first-order valence-corrected chi connectivity index (χ1v) is 5.13. The molecule has 76 valence electrons. The highest BCUT2D eigenvalue weighted by Crippen LogP contribution is 2.21. The van der Waals surface area contributed by atoms with E-state index in [9.17, 15) is 9.90 Å². The lowest BCUT2D eigenvalue weighted by Crippen LogP contribution is -2.20. The Labute approximate surface area is 87.6 Å². The van der Waals surface area contributed by atoms with Gasteiger partial charge in [-0.25, -0.2) is 0 Å². The number of allylic oxidation sites excluding steroid dienone is 2. The third-order valence-corrected chi connectivity index (χ3v) is 3.03. The average molecular weight is 211 g/mol. The summed E-state index contributed by atoms with van der Waals surface area (Å²) >= 11 is 1.18. The number of amides is 1. The topological polar surface area (TPSA) is 49.3 Å². The number of nitrogens with one attached hydrogen (secondary N) is 1. The van der Waals surface area contributed by atoms with E-state index >= 15 is 0 Å². The second kappa shape index (κ2) is 4.37. The molecule has 1 heterocycles. The Morgan fingerprint density at radius 1 is 1.57 bits per heavy atom. The lowest BCUT2D eigenvalue weighted by Gasteiger charge is -2.09. The molecule has 0 aromatic carbocycles. The van der Waals surface area contributed by atoms with Gasteiger partial charge in [-0.05, 0) is 19.9 Å². The van der Waals surface area contributed by atoms with Crippen molar-refractivity contribution in [2.45, 2.75) is 19.1 Å². The maximum Gasteiger partial charge on any atom is 0.284 e. The zero-order chi connectivity index (χ0) is 10.7. The van der Waals surface area contributed by atoms with Gasteiger partial charge in [-0.2, -0.15) is 0 Å². The largest absolute Gasteiger partial charge is 0.506 e. The van der Waals surface area contributed by atoms with Crippen LogP contribution >= 0.6 is 11.8 Å². The predicted octanol–water partition coefficient (Wildman–Crippen LogP) is 2.73. The van der Waals surface area contributed by atoms with E-state index in [0.717, 1.165) is 5.57 Å². The first kappa shape index (κ1) is 10.9. The van der Waals surface area contributed by atoms with Crippen LogP contribution < -0.4 is 5.32 Å². The Balaban J connectivity index is 2.97. The van der Waals surface area contributed by atoms with E-state index in [-0.39, 0.29) is 21.9 Å². The molecule has 4 heteroatoms. The second-order valence-corrected chi connectivity index (χ2v) is 4.43. The van der Waals surface area contributed by atoms with Crippen LogP contribution in [0.4, 0.5) is 4.79 Å². The summed E-state index contributed by atoms with van der Waals surface area (Å²) in [5, 5.41) is 11.8. The summed E-state index contributed by atoms with van der Waals surface area (Å²) in [6.07, 6.45) is 3.33. The lowest BCUT2D eigenvalue weighted by molar-refractivity contribution is 0.262. The minimum absolute atomic E-state index is 0.00704. The number of hydrogen-bond acceptors (Lipinski definition) is 3. The van der Waals surface area contributed by atoms with Crippen molar-refractivity contribution in [1.29, 1.82) is 0 Å². The van der Waals surface area contributed by atoms with Gasteiger partial charge in [0.1, 0.15) is 5.76 Å². The summed E-state index contributed by atoms with van der Waals surface area (Å²) in [7, 11) is 0. The third-order valence-electron chi connectivity index (χ3n) is 1.99. The second-order valence-electron chi connectivity index (χ2n) is 3.11. The van der Waals surface area contributed by atoms with Crippen LogP contribution in [0.15, 0.2) is 35.8 Å². The molecule has 0 aliphatic carbocycles. The minimum Gasteiger partial charge on any atom is -0.506 e. The maximum atomic E-state index is 11.3. The van der Waals surface area contributed by atoms with Gasteiger partial charge in [-0.15, -0.1) is 0 Å². The van der Waals surface area contributed by atoms with Crippen molar-refractivity contribution in [2.75, 3.05) is 0 Å². The van der Waals surface area contributed by atoms with Crippen LogP contribution in [0.5, 0.6) is 0 Å². The molecule has 1 atom stereocenters. The fourth-order valence-corrected chi connectivity index (χ4v) is 1.68. The van der Waals surface area contributed by atoms with E-state index in [2.05, 4.69) is 11.9 Å². The summed E-state index contributed by atoms with van der Waals surface area (Å²) in [5.74, 6) is -0.00704. The van der Waals surface area contributed by atoms with Gasteiger partial charge in [0.2, 0.25) is 0 Å². The maximum absolute atomic E-state index is 11.3. The van der Waals surface area contributed by atoms with Gasteiger partial charge in [-0.3, -0.25) is 4.79 Å². The van der Waals surface area contributed by atoms with Gasteiger partial charge in [0, 0.05) is 5.25 Å². The monoisotopic (exact) mass is 211 g/mol. The molecule has 1 amide bonds. The molecule has 3 nitrogen and oxygen atoms in total. The van der Waals surface area contributed by atoms with Crippen molar-refractivity contribution < 1.29 is 9.90 Å². The molecule has 1 aliphatic heterocycles. The highest BCUT2D eigenvalue weighted by molar-refractivity contribution is 8.14. The fourth-order valence-electron chi connectivity index (χ4n) is 0.917. The highest BCUT2D eigenvalue weighted by Gasteiger charge is 2.14. The summed E-state index contributed by atoms with van der Waals surface area (Å²) in [6, 6.07) is 0. The first-order valence-electron chi connectivity index (χ1n) is 4.25. The van der Waals surface area contributed by atoms with Gasteiger partial charge < -0.3 is 10.4 Å². The Bertz CT molecular complexity index is 331. The van der Waals surface area contributed by atoms with Crippen molar-refractivity contribution in [3.63, 3.8) is 0 Å². The summed E-state index contributed by atoms with van der Waals surface area (Å²) in [4.78, 5) is 11.3. The van der Waals surface area contributed by atoms with Crippen LogP contribution in [-0.2, 0) is 0 Å². The van der Waals surface area contributed by atoms with Crippen molar-refractivity contribution >= 4 is 17.0 Å². The van der Waals surface area contributed by atoms with E-state index in [1.807, 2.05) is 13.8 Å². The standard InChI is InChI=1S/C10H13NO2S/c1-6-4-5-9(12)7(2)11-10(13)14-8(6)3/h4-5,8,12H,2H2,1,3H3,(H,11,13)/b6-4-,9-5+. The molecule has 1 aliphatic rings. The van der Waals surface area contributed by atoms with E-state index in [0.29, 0.717) is 0 Å². The Kier molecular flexibility index (Phi) is 3.41. The number of hydrogen-bond donors (Lipinski definition) is 2. The van der Waals surface area contributed by atoms with Gasteiger partial charge >= 0.3 is 0 Å². The SMILES string of the molecule is C=C1NC(=O)SC(C)/C(C)=C\C=C/1O. The molecule has 0 saturated carbocycles. The quantitative estimate of drug-likeness (QED) is 0.647. The number of thioether (sulfide) groups is 1. The average Bonchev–Trinajstić information content (AvgIpc) is 2.14. The highest BCUT2D eigenvalue weighted by atomic mass is 32.2. The molecule has 0 aromatic rings. The molecule has 0 bridgehead atoms. The Hall–Kier alpha value is -1.16. The van der Waals surface area contributed by atoms with E-state index in [1.165, 1.54) is 11.8 Å².